The van der Waals surface area contributed by atoms with Crippen molar-refractivity contribution in [1.29, 1.82) is 0 Å². The first-order valence-corrected chi connectivity index (χ1v) is 7.45. The van der Waals surface area contributed by atoms with Crippen molar-refractivity contribution in [3.05, 3.63) is 57.8 Å². The summed E-state index contributed by atoms with van der Waals surface area (Å²) in [7, 11) is 0. The van der Waals surface area contributed by atoms with Crippen LogP contribution in [0.1, 0.15) is 6.92 Å². The molecule has 0 bridgehead atoms. The number of halogens is 2. The Balaban J connectivity index is 1.71. The molecule has 24 heavy (non-hydrogen) atoms. The summed E-state index contributed by atoms with van der Waals surface area (Å²) in [6.07, 6.45) is 0. The molecule has 0 aliphatic heterocycles. The molecule has 0 aliphatic rings. The van der Waals surface area contributed by atoms with Crippen LogP contribution in [0.15, 0.2) is 45.6 Å². The van der Waals surface area contributed by atoms with Crippen molar-refractivity contribution < 1.29 is 13.6 Å². The summed E-state index contributed by atoms with van der Waals surface area (Å²) >= 11 is 5.89. The molecule has 8 heteroatoms. The van der Waals surface area contributed by atoms with E-state index in [1.165, 1.54) is 12.1 Å². The first-order valence-electron chi connectivity index (χ1n) is 7.08. The van der Waals surface area contributed by atoms with E-state index in [4.69, 9.17) is 16.0 Å². The number of carbonyl (C=O) groups excluding carboxylic acids is 1. The van der Waals surface area contributed by atoms with E-state index in [9.17, 15) is 14.0 Å². The third-order valence-corrected chi connectivity index (χ3v) is 3.70. The van der Waals surface area contributed by atoms with Gasteiger partial charge in [-0.15, -0.1) is 0 Å². The lowest BCUT2D eigenvalue weighted by atomic mass is 10.2. The van der Waals surface area contributed by atoms with Gasteiger partial charge in [-0.25, -0.2) is 9.18 Å². The lowest BCUT2D eigenvalue weighted by Gasteiger charge is -2.16. The van der Waals surface area contributed by atoms with Crippen LogP contribution in [0.3, 0.4) is 0 Å². The number of rotatable bonds is 4. The summed E-state index contributed by atoms with van der Waals surface area (Å²) in [6, 6.07) is 8.10. The largest absolute Gasteiger partial charge is 0.417 e. The fourth-order valence-electron chi connectivity index (χ4n) is 2.19. The van der Waals surface area contributed by atoms with Crippen LogP contribution in [0.2, 0.25) is 5.02 Å². The molecule has 6 nitrogen and oxygen atoms in total. The Morgan fingerprint density at radius 2 is 2.08 bits per heavy atom. The third kappa shape index (κ3) is 3.41. The van der Waals surface area contributed by atoms with Crippen LogP contribution in [0.5, 0.6) is 0 Å². The van der Waals surface area contributed by atoms with Crippen molar-refractivity contribution in [2.45, 2.75) is 13.0 Å². The molecule has 0 spiro atoms. The Bertz CT molecular complexity index is 967. The topological polar surface area (TPSA) is 87.1 Å². The van der Waals surface area contributed by atoms with Crippen LogP contribution in [-0.4, -0.2) is 16.9 Å². The first kappa shape index (κ1) is 16.1. The molecule has 1 heterocycles. The van der Waals surface area contributed by atoms with Crippen molar-refractivity contribution in [2.24, 2.45) is 0 Å². The fraction of sp³-hybridized carbons (Fsp3) is 0.125. The number of anilines is 2. The molecule has 0 radical (unpaired) electrons. The number of amides is 1. The molecule has 2 aromatic carbocycles. The van der Waals surface area contributed by atoms with Gasteiger partial charge in [-0.3, -0.25) is 9.78 Å². The number of hydrogen-bond acceptors (Lipinski definition) is 4. The molecule has 1 atom stereocenters. The predicted octanol–water partition coefficient (Wildman–Crippen LogP) is 3.35. The monoisotopic (exact) mass is 349 g/mol. The Labute approximate surface area is 140 Å². The van der Waals surface area contributed by atoms with Crippen molar-refractivity contribution in [3.8, 4) is 0 Å². The Morgan fingerprint density at radius 1 is 1.29 bits per heavy atom. The molecule has 1 aromatic heterocycles. The van der Waals surface area contributed by atoms with Crippen LogP contribution in [-0.2, 0) is 4.79 Å². The van der Waals surface area contributed by atoms with Gasteiger partial charge in [0.1, 0.15) is 11.9 Å². The van der Waals surface area contributed by atoms with Crippen LogP contribution in [0.25, 0.3) is 11.1 Å². The minimum Gasteiger partial charge on any atom is -0.408 e. The van der Waals surface area contributed by atoms with Gasteiger partial charge in [0, 0.05) is 5.69 Å². The highest BCUT2D eigenvalue weighted by Crippen LogP contribution is 2.23. The van der Waals surface area contributed by atoms with Crippen molar-refractivity contribution >= 4 is 40.0 Å². The summed E-state index contributed by atoms with van der Waals surface area (Å²) in [6.45, 7) is 1.66. The van der Waals surface area contributed by atoms with Gasteiger partial charge in [0.15, 0.2) is 5.58 Å². The summed E-state index contributed by atoms with van der Waals surface area (Å²) in [5.41, 5.74) is 1.92. The van der Waals surface area contributed by atoms with E-state index in [1.54, 1.807) is 25.1 Å². The summed E-state index contributed by atoms with van der Waals surface area (Å²) in [5, 5.41) is 5.74. The molecule has 0 fully saturated rings. The van der Waals surface area contributed by atoms with E-state index in [2.05, 4.69) is 15.6 Å². The van der Waals surface area contributed by atoms with Crippen molar-refractivity contribution in [1.82, 2.24) is 4.98 Å². The fourth-order valence-corrected chi connectivity index (χ4v) is 2.40. The Hall–Kier alpha value is -2.80. The molecular formula is C16H13ClFN3O3. The van der Waals surface area contributed by atoms with E-state index < -0.39 is 17.6 Å². The highest BCUT2D eigenvalue weighted by Gasteiger charge is 2.15. The number of carbonyl (C=O) groups is 1. The lowest BCUT2D eigenvalue weighted by Crippen LogP contribution is -2.31. The maximum atomic E-state index is 13.0. The molecule has 3 rings (SSSR count). The van der Waals surface area contributed by atoms with E-state index in [0.29, 0.717) is 22.5 Å². The van der Waals surface area contributed by atoms with Gasteiger partial charge in [-0.1, -0.05) is 11.6 Å². The Morgan fingerprint density at radius 3 is 2.83 bits per heavy atom. The first-order chi connectivity index (χ1) is 11.4. The van der Waals surface area contributed by atoms with Gasteiger partial charge >= 0.3 is 5.76 Å². The van der Waals surface area contributed by atoms with Crippen LogP contribution in [0.4, 0.5) is 15.8 Å². The molecule has 1 unspecified atom stereocenters. The minimum absolute atomic E-state index is 0.118. The average molecular weight is 350 g/mol. The van der Waals surface area contributed by atoms with Crippen LogP contribution in [0, 0.1) is 5.82 Å². The van der Waals surface area contributed by atoms with Crippen molar-refractivity contribution in [3.63, 3.8) is 0 Å². The number of aromatic nitrogens is 1. The minimum atomic E-state index is -0.595. The van der Waals surface area contributed by atoms with Gasteiger partial charge in [0.05, 0.1) is 16.2 Å². The number of benzene rings is 2. The van der Waals surface area contributed by atoms with Gasteiger partial charge in [-0.05, 0) is 43.3 Å². The number of H-pyrrole nitrogens is 1. The smallest absolute Gasteiger partial charge is 0.408 e. The zero-order chi connectivity index (χ0) is 17.3. The number of hydrogen-bond donors (Lipinski definition) is 3. The molecule has 0 saturated heterocycles. The van der Waals surface area contributed by atoms with E-state index >= 15 is 0 Å². The van der Waals surface area contributed by atoms with Gasteiger partial charge in [-0.2, -0.15) is 0 Å². The quantitative estimate of drug-likeness (QED) is 0.674. The maximum absolute atomic E-state index is 13.0. The Kier molecular flexibility index (Phi) is 4.26. The van der Waals surface area contributed by atoms with Gasteiger partial charge < -0.3 is 15.1 Å². The third-order valence-electron chi connectivity index (χ3n) is 3.38. The number of aromatic amines is 1. The molecular weight excluding hydrogens is 337 g/mol. The van der Waals surface area contributed by atoms with Gasteiger partial charge in [0.25, 0.3) is 0 Å². The average Bonchev–Trinajstić information content (AvgIpc) is 2.89. The summed E-state index contributed by atoms with van der Waals surface area (Å²) in [4.78, 5) is 25.9. The molecule has 3 N–H and O–H groups in total. The van der Waals surface area contributed by atoms with Crippen LogP contribution < -0.4 is 16.4 Å². The molecule has 0 saturated carbocycles. The SMILES string of the molecule is CC(Nc1ccc2oc(=O)[nH]c2c1)C(=O)Nc1ccc(F)cc1Cl. The number of fused-ring (bicyclic) bond motifs is 1. The molecule has 3 aromatic rings. The van der Waals surface area contributed by atoms with Crippen molar-refractivity contribution in [2.75, 3.05) is 10.6 Å². The zero-order valence-corrected chi connectivity index (χ0v) is 13.3. The highest BCUT2D eigenvalue weighted by molar-refractivity contribution is 6.33. The van der Waals surface area contributed by atoms with E-state index in [-0.39, 0.29) is 10.9 Å². The van der Waals surface area contributed by atoms with E-state index in [1.807, 2.05) is 0 Å². The molecule has 1 amide bonds. The lowest BCUT2D eigenvalue weighted by molar-refractivity contribution is -0.116. The predicted molar refractivity (Wildman–Crippen MR) is 90.0 cm³/mol. The van der Waals surface area contributed by atoms with Gasteiger partial charge in [0.2, 0.25) is 5.91 Å². The number of nitrogens with one attached hydrogen (secondary N) is 3. The molecule has 0 aliphatic carbocycles. The van der Waals surface area contributed by atoms with Crippen LogP contribution >= 0.6 is 11.6 Å². The second-order valence-electron chi connectivity index (χ2n) is 5.20. The second kappa shape index (κ2) is 6.37. The highest BCUT2D eigenvalue weighted by atomic mass is 35.5. The molecule has 124 valence electrons. The maximum Gasteiger partial charge on any atom is 0.417 e. The second-order valence-corrected chi connectivity index (χ2v) is 5.61. The summed E-state index contributed by atoms with van der Waals surface area (Å²) in [5.74, 6) is -1.37. The number of oxazole rings is 1. The normalized spacial score (nSPS) is 12.1. The zero-order valence-electron chi connectivity index (χ0n) is 12.5. The van der Waals surface area contributed by atoms with E-state index in [0.717, 1.165) is 6.07 Å². The standard InChI is InChI=1S/C16H13ClFN3O3/c1-8(15(22)20-12-4-2-9(18)6-11(12)17)19-10-3-5-14-13(7-10)21-16(23)24-14/h2-8,19H,1H3,(H,20,22)(H,21,23). The summed E-state index contributed by atoms with van der Waals surface area (Å²) < 4.78 is 17.9.